The summed E-state index contributed by atoms with van der Waals surface area (Å²) in [6, 6.07) is 8.84. The lowest BCUT2D eigenvalue weighted by Gasteiger charge is -2.19. The molecule has 1 unspecified atom stereocenters. The molecule has 16 heavy (non-hydrogen) atoms. The van der Waals surface area contributed by atoms with Gasteiger partial charge in [0, 0.05) is 10.5 Å². The van der Waals surface area contributed by atoms with Crippen molar-refractivity contribution in [2.45, 2.75) is 39.7 Å². The molecule has 0 spiro atoms. The highest BCUT2D eigenvalue weighted by Gasteiger charge is 2.10. The molecule has 0 aliphatic carbocycles. The van der Waals surface area contributed by atoms with Crippen LogP contribution in [0.2, 0.25) is 0 Å². The summed E-state index contributed by atoms with van der Waals surface area (Å²) in [4.78, 5) is 0. The van der Waals surface area contributed by atoms with E-state index in [1.165, 1.54) is 22.9 Å². The molecule has 1 nitrogen and oxygen atoms in total. The van der Waals surface area contributed by atoms with Crippen molar-refractivity contribution in [3.05, 3.63) is 34.3 Å². The Balaban J connectivity index is 2.52. The van der Waals surface area contributed by atoms with Crippen molar-refractivity contribution < 1.29 is 0 Å². The normalized spacial score (nSPS) is 13.1. The maximum Gasteiger partial charge on any atom is 0.0303 e. The minimum Gasteiger partial charge on any atom is -0.310 e. The molecule has 1 rings (SSSR count). The molecule has 1 atom stereocenters. The van der Waals surface area contributed by atoms with Crippen LogP contribution in [0, 0.1) is 5.92 Å². The lowest BCUT2D eigenvalue weighted by Crippen LogP contribution is -2.25. The van der Waals surface area contributed by atoms with E-state index in [-0.39, 0.29) is 0 Å². The van der Waals surface area contributed by atoms with Crippen molar-refractivity contribution in [3.8, 4) is 0 Å². The number of benzene rings is 1. The van der Waals surface area contributed by atoms with E-state index >= 15 is 0 Å². The van der Waals surface area contributed by atoms with Crippen LogP contribution in [0.25, 0.3) is 0 Å². The molecular formula is C14H22BrN. The molecule has 1 aromatic rings. The molecule has 2 heteroatoms. The fourth-order valence-electron chi connectivity index (χ4n) is 1.86. The van der Waals surface area contributed by atoms with Crippen molar-refractivity contribution in [2.75, 3.05) is 6.54 Å². The molecule has 0 amide bonds. The van der Waals surface area contributed by atoms with Crippen LogP contribution in [0.4, 0.5) is 0 Å². The first kappa shape index (κ1) is 13.7. The third kappa shape index (κ3) is 3.91. The molecule has 0 aliphatic heterocycles. The molecular weight excluding hydrogens is 262 g/mol. The first-order valence-corrected chi connectivity index (χ1v) is 6.96. The van der Waals surface area contributed by atoms with Gasteiger partial charge in [-0.1, -0.05) is 60.8 Å². The Hall–Kier alpha value is -0.340. The van der Waals surface area contributed by atoms with Crippen LogP contribution in [0.15, 0.2) is 28.7 Å². The lowest BCUT2D eigenvalue weighted by molar-refractivity contribution is 0.422. The van der Waals surface area contributed by atoms with E-state index < -0.39 is 0 Å². The summed E-state index contributed by atoms with van der Waals surface area (Å²) in [5.41, 5.74) is 1.34. The minimum absolute atomic E-state index is 0.413. The maximum atomic E-state index is 3.61. The number of rotatable bonds is 6. The van der Waals surface area contributed by atoms with E-state index in [1.807, 2.05) is 0 Å². The van der Waals surface area contributed by atoms with E-state index in [1.54, 1.807) is 0 Å². The largest absolute Gasteiger partial charge is 0.310 e. The number of hydrogen-bond donors (Lipinski definition) is 1. The highest BCUT2D eigenvalue weighted by molar-refractivity contribution is 9.10. The van der Waals surface area contributed by atoms with Crippen LogP contribution in [0.1, 0.15) is 45.2 Å². The van der Waals surface area contributed by atoms with Crippen molar-refractivity contribution in [3.63, 3.8) is 0 Å². The van der Waals surface area contributed by atoms with Gasteiger partial charge < -0.3 is 5.32 Å². The van der Waals surface area contributed by atoms with Crippen LogP contribution in [-0.2, 0) is 0 Å². The smallest absolute Gasteiger partial charge is 0.0303 e. The molecule has 0 saturated carbocycles. The maximum absolute atomic E-state index is 3.61. The van der Waals surface area contributed by atoms with Gasteiger partial charge in [0.25, 0.3) is 0 Å². The summed E-state index contributed by atoms with van der Waals surface area (Å²) in [7, 11) is 0. The van der Waals surface area contributed by atoms with E-state index in [4.69, 9.17) is 0 Å². The van der Waals surface area contributed by atoms with Crippen molar-refractivity contribution in [2.24, 2.45) is 5.92 Å². The highest BCUT2D eigenvalue weighted by Crippen LogP contribution is 2.23. The monoisotopic (exact) mass is 283 g/mol. The molecule has 0 radical (unpaired) electrons. The summed E-state index contributed by atoms with van der Waals surface area (Å²) >= 11 is 3.60. The predicted molar refractivity (Wildman–Crippen MR) is 74.6 cm³/mol. The van der Waals surface area contributed by atoms with Gasteiger partial charge in [-0.25, -0.2) is 0 Å². The van der Waals surface area contributed by atoms with Gasteiger partial charge in [-0.2, -0.15) is 0 Å². The fraction of sp³-hybridized carbons (Fsp3) is 0.571. The second-order valence-corrected chi connectivity index (χ2v) is 5.19. The van der Waals surface area contributed by atoms with E-state index in [2.05, 4.69) is 66.3 Å². The lowest BCUT2D eigenvalue weighted by atomic mass is 10.0. The molecule has 1 N–H and O–H groups in total. The standard InChI is InChI=1S/C14H22BrN/c1-4-12(5-2)10-16-11(3)13-8-6-7-9-14(13)15/h6-9,11-12,16H,4-5,10H2,1-3H3. The Bertz CT molecular complexity index is 307. The number of halogens is 1. The Kier molecular flexibility index (Phi) is 6.07. The summed E-state index contributed by atoms with van der Waals surface area (Å²) < 4.78 is 1.19. The Morgan fingerprint density at radius 2 is 1.81 bits per heavy atom. The molecule has 1 aromatic carbocycles. The average Bonchev–Trinajstić information content (AvgIpc) is 2.30. The average molecular weight is 284 g/mol. The molecule has 0 bridgehead atoms. The molecule has 0 saturated heterocycles. The van der Waals surface area contributed by atoms with Gasteiger partial charge in [0.1, 0.15) is 0 Å². The fourth-order valence-corrected chi connectivity index (χ4v) is 2.49. The van der Waals surface area contributed by atoms with Crippen molar-refractivity contribution in [1.29, 1.82) is 0 Å². The van der Waals surface area contributed by atoms with Crippen LogP contribution in [0.5, 0.6) is 0 Å². The molecule has 0 fully saturated rings. The van der Waals surface area contributed by atoms with Gasteiger partial charge in [0.05, 0.1) is 0 Å². The second-order valence-electron chi connectivity index (χ2n) is 4.33. The number of hydrogen-bond acceptors (Lipinski definition) is 1. The summed E-state index contributed by atoms with van der Waals surface area (Å²) in [5.74, 6) is 0.796. The summed E-state index contributed by atoms with van der Waals surface area (Å²) in [5, 5.41) is 3.61. The molecule has 90 valence electrons. The molecule has 0 aliphatic rings. The summed E-state index contributed by atoms with van der Waals surface area (Å²) in [6.07, 6.45) is 2.51. The summed E-state index contributed by atoms with van der Waals surface area (Å²) in [6.45, 7) is 7.86. The topological polar surface area (TPSA) is 12.0 Å². The van der Waals surface area contributed by atoms with Gasteiger partial charge in [0.2, 0.25) is 0 Å². The van der Waals surface area contributed by atoms with Crippen LogP contribution < -0.4 is 5.32 Å². The highest BCUT2D eigenvalue weighted by atomic mass is 79.9. The Labute approximate surface area is 108 Å². The van der Waals surface area contributed by atoms with E-state index in [9.17, 15) is 0 Å². The second kappa shape index (κ2) is 7.08. The van der Waals surface area contributed by atoms with Crippen molar-refractivity contribution >= 4 is 15.9 Å². The Morgan fingerprint density at radius 3 is 2.38 bits per heavy atom. The first-order chi connectivity index (χ1) is 7.69. The van der Waals surface area contributed by atoms with E-state index in [0.717, 1.165) is 12.5 Å². The zero-order chi connectivity index (χ0) is 12.0. The van der Waals surface area contributed by atoms with Gasteiger partial charge in [-0.05, 0) is 31.0 Å². The molecule has 0 aromatic heterocycles. The van der Waals surface area contributed by atoms with Crippen LogP contribution in [-0.4, -0.2) is 6.54 Å². The zero-order valence-corrected chi connectivity index (χ0v) is 12.0. The third-order valence-electron chi connectivity index (χ3n) is 3.24. The first-order valence-electron chi connectivity index (χ1n) is 6.16. The SMILES string of the molecule is CCC(CC)CNC(C)c1ccccc1Br. The Morgan fingerprint density at radius 1 is 1.19 bits per heavy atom. The molecule has 0 heterocycles. The van der Waals surface area contributed by atoms with Crippen LogP contribution >= 0.6 is 15.9 Å². The van der Waals surface area contributed by atoms with E-state index in [0.29, 0.717) is 6.04 Å². The van der Waals surface area contributed by atoms with Gasteiger partial charge in [-0.3, -0.25) is 0 Å². The van der Waals surface area contributed by atoms with Crippen molar-refractivity contribution in [1.82, 2.24) is 5.32 Å². The third-order valence-corrected chi connectivity index (χ3v) is 3.96. The minimum atomic E-state index is 0.413. The van der Waals surface area contributed by atoms with Gasteiger partial charge in [0.15, 0.2) is 0 Å². The van der Waals surface area contributed by atoms with Gasteiger partial charge >= 0.3 is 0 Å². The number of nitrogens with one attached hydrogen (secondary N) is 1. The predicted octanol–water partition coefficient (Wildman–Crippen LogP) is 4.54. The van der Waals surface area contributed by atoms with Crippen LogP contribution in [0.3, 0.4) is 0 Å². The van der Waals surface area contributed by atoms with Gasteiger partial charge in [-0.15, -0.1) is 0 Å². The quantitative estimate of drug-likeness (QED) is 0.809. The zero-order valence-electron chi connectivity index (χ0n) is 10.5.